The molecule has 1 rings (SSSR count). The first-order chi connectivity index (χ1) is 9.47. The van der Waals surface area contributed by atoms with Gasteiger partial charge in [-0.2, -0.15) is 11.8 Å². The number of aliphatic imine (C=N–C) groups is 1. The molecule has 0 aliphatic rings. The average Bonchev–Trinajstić information content (AvgIpc) is 2.87. The SMILES string of the molecule is CN=C(NCCCSC)NCc1ncc(C(C)(C)C)o1.I. The summed E-state index contributed by atoms with van der Waals surface area (Å²) >= 11 is 1.85. The maximum Gasteiger partial charge on any atom is 0.213 e. The highest BCUT2D eigenvalue weighted by Crippen LogP contribution is 2.22. The topological polar surface area (TPSA) is 62.5 Å². The monoisotopic (exact) mass is 426 g/mol. The van der Waals surface area contributed by atoms with Crippen molar-refractivity contribution in [2.75, 3.05) is 25.6 Å². The van der Waals surface area contributed by atoms with Gasteiger partial charge in [0, 0.05) is 19.0 Å². The van der Waals surface area contributed by atoms with Crippen molar-refractivity contribution in [3.05, 3.63) is 17.8 Å². The lowest BCUT2D eigenvalue weighted by Crippen LogP contribution is -2.37. The highest BCUT2D eigenvalue weighted by molar-refractivity contribution is 14.0. The van der Waals surface area contributed by atoms with Crippen LogP contribution in [0, 0.1) is 0 Å². The van der Waals surface area contributed by atoms with E-state index < -0.39 is 0 Å². The minimum Gasteiger partial charge on any atom is -0.443 e. The lowest BCUT2D eigenvalue weighted by molar-refractivity contribution is 0.379. The standard InChI is InChI=1S/C14H26N4OS.HI/c1-14(2,3)11-9-17-12(19-11)10-18-13(15-4)16-7-6-8-20-5;/h9H,6-8,10H2,1-5H3,(H2,15,16,18);1H. The third-order valence-electron chi connectivity index (χ3n) is 2.74. The molecule has 0 saturated carbocycles. The molecular weight excluding hydrogens is 399 g/mol. The van der Waals surface area contributed by atoms with Gasteiger partial charge in [-0.05, 0) is 18.4 Å². The lowest BCUT2D eigenvalue weighted by Gasteiger charge is -2.13. The van der Waals surface area contributed by atoms with Crippen LogP contribution in [0.15, 0.2) is 15.6 Å². The lowest BCUT2D eigenvalue weighted by atomic mass is 9.94. The summed E-state index contributed by atoms with van der Waals surface area (Å²) in [5, 5.41) is 6.47. The number of guanidine groups is 1. The van der Waals surface area contributed by atoms with Crippen LogP contribution in [0.5, 0.6) is 0 Å². The summed E-state index contributed by atoms with van der Waals surface area (Å²) in [6, 6.07) is 0. The maximum atomic E-state index is 5.73. The second-order valence-electron chi connectivity index (χ2n) is 5.57. The fourth-order valence-corrected chi connectivity index (χ4v) is 1.97. The summed E-state index contributed by atoms with van der Waals surface area (Å²) < 4.78 is 5.73. The van der Waals surface area contributed by atoms with E-state index in [4.69, 9.17) is 4.42 Å². The normalized spacial score (nSPS) is 12.0. The predicted octanol–water partition coefficient (Wildman–Crippen LogP) is 3.01. The van der Waals surface area contributed by atoms with Crippen molar-refractivity contribution in [1.82, 2.24) is 15.6 Å². The second-order valence-corrected chi connectivity index (χ2v) is 6.55. The van der Waals surface area contributed by atoms with Gasteiger partial charge < -0.3 is 15.1 Å². The van der Waals surface area contributed by atoms with Crippen LogP contribution in [0.4, 0.5) is 0 Å². The molecule has 1 heterocycles. The zero-order valence-electron chi connectivity index (χ0n) is 13.5. The molecule has 5 nitrogen and oxygen atoms in total. The van der Waals surface area contributed by atoms with Gasteiger partial charge in [-0.25, -0.2) is 4.98 Å². The third kappa shape index (κ3) is 7.94. The van der Waals surface area contributed by atoms with E-state index in [9.17, 15) is 0 Å². The molecule has 1 aromatic rings. The first-order valence-corrected chi connectivity index (χ1v) is 8.25. The fourth-order valence-electron chi connectivity index (χ4n) is 1.54. The Bertz CT molecular complexity index is 429. The van der Waals surface area contributed by atoms with E-state index in [1.54, 1.807) is 13.2 Å². The van der Waals surface area contributed by atoms with E-state index in [0.29, 0.717) is 12.4 Å². The van der Waals surface area contributed by atoms with E-state index in [1.807, 2.05) is 11.8 Å². The number of nitrogens with zero attached hydrogens (tertiary/aromatic N) is 2. The maximum absolute atomic E-state index is 5.73. The fraction of sp³-hybridized carbons (Fsp3) is 0.714. The Hall–Kier alpha value is -0.440. The summed E-state index contributed by atoms with van der Waals surface area (Å²) in [5.74, 6) is 3.51. The van der Waals surface area contributed by atoms with Crippen molar-refractivity contribution in [3.63, 3.8) is 0 Å². The van der Waals surface area contributed by atoms with Gasteiger partial charge in [-0.3, -0.25) is 4.99 Å². The van der Waals surface area contributed by atoms with Gasteiger partial charge in [0.1, 0.15) is 5.76 Å². The number of hydrogen-bond donors (Lipinski definition) is 2. The molecule has 122 valence electrons. The highest BCUT2D eigenvalue weighted by atomic mass is 127. The van der Waals surface area contributed by atoms with Crippen molar-refractivity contribution >= 4 is 41.7 Å². The summed E-state index contributed by atoms with van der Waals surface area (Å²) in [7, 11) is 1.76. The molecule has 7 heteroatoms. The number of aromatic nitrogens is 1. The van der Waals surface area contributed by atoms with E-state index in [0.717, 1.165) is 30.4 Å². The van der Waals surface area contributed by atoms with E-state index in [2.05, 4.69) is 47.6 Å². The quantitative estimate of drug-likeness (QED) is 0.317. The zero-order valence-corrected chi connectivity index (χ0v) is 16.7. The van der Waals surface area contributed by atoms with Crippen LogP contribution >= 0.6 is 35.7 Å². The largest absolute Gasteiger partial charge is 0.443 e. The third-order valence-corrected chi connectivity index (χ3v) is 3.44. The highest BCUT2D eigenvalue weighted by Gasteiger charge is 2.19. The number of hydrogen-bond acceptors (Lipinski definition) is 4. The first-order valence-electron chi connectivity index (χ1n) is 6.86. The van der Waals surface area contributed by atoms with E-state index in [-0.39, 0.29) is 29.4 Å². The zero-order chi connectivity index (χ0) is 15.0. The number of oxazole rings is 1. The van der Waals surface area contributed by atoms with Crippen LogP contribution in [0.1, 0.15) is 38.8 Å². The summed E-state index contributed by atoms with van der Waals surface area (Å²) in [4.78, 5) is 8.46. The predicted molar refractivity (Wildman–Crippen MR) is 102 cm³/mol. The van der Waals surface area contributed by atoms with Crippen LogP contribution in [0.25, 0.3) is 0 Å². The molecule has 1 aromatic heterocycles. The van der Waals surface area contributed by atoms with Gasteiger partial charge in [-0.1, -0.05) is 20.8 Å². The Balaban J connectivity index is 0.00000400. The van der Waals surface area contributed by atoms with Crippen molar-refractivity contribution < 1.29 is 4.42 Å². The van der Waals surface area contributed by atoms with Crippen LogP contribution in [0.3, 0.4) is 0 Å². The second kappa shape index (κ2) is 10.3. The molecular formula is C14H27IN4OS. The number of halogens is 1. The van der Waals surface area contributed by atoms with Gasteiger partial charge in [0.25, 0.3) is 0 Å². The molecule has 0 fully saturated rings. The number of thioether (sulfide) groups is 1. The van der Waals surface area contributed by atoms with Crippen molar-refractivity contribution in [2.45, 2.75) is 39.2 Å². The van der Waals surface area contributed by atoms with Gasteiger partial charge in [0.05, 0.1) is 12.7 Å². The molecule has 0 atom stereocenters. The summed E-state index contributed by atoms with van der Waals surface area (Å²) in [5.41, 5.74) is -0.0109. The average molecular weight is 426 g/mol. The minimum absolute atomic E-state index is 0. The molecule has 21 heavy (non-hydrogen) atoms. The Kier molecular flexibility index (Phi) is 10.1. The summed E-state index contributed by atoms with van der Waals surface area (Å²) in [6.07, 6.45) is 5.03. The van der Waals surface area contributed by atoms with Gasteiger partial charge in [-0.15, -0.1) is 24.0 Å². The Morgan fingerprint density at radius 2 is 2.10 bits per heavy atom. The number of nitrogens with one attached hydrogen (secondary N) is 2. The van der Waals surface area contributed by atoms with Gasteiger partial charge >= 0.3 is 0 Å². The van der Waals surface area contributed by atoms with E-state index in [1.165, 1.54) is 0 Å². The van der Waals surface area contributed by atoms with E-state index >= 15 is 0 Å². The molecule has 0 bridgehead atoms. The number of rotatable bonds is 6. The molecule has 2 N–H and O–H groups in total. The Morgan fingerprint density at radius 1 is 1.38 bits per heavy atom. The van der Waals surface area contributed by atoms with Crippen molar-refractivity contribution in [1.29, 1.82) is 0 Å². The molecule has 0 aliphatic heterocycles. The van der Waals surface area contributed by atoms with Gasteiger partial charge in [0.2, 0.25) is 5.89 Å². The molecule has 0 spiro atoms. The molecule has 0 saturated heterocycles. The Morgan fingerprint density at radius 3 is 2.62 bits per heavy atom. The van der Waals surface area contributed by atoms with Crippen LogP contribution in [-0.4, -0.2) is 36.5 Å². The molecule has 0 unspecified atom stereocenters. The summed E-state index contributed by atoms with van der Waals surface area (Å²) in [6.45, 7) is 7.78. The minimum atomic E-state index is -0.0109. The smallest absolute Gasteiger partial charge is 0.213 e. The van der Waals surface area contributed by atoms with Crippen molar-refractivity contribution in [2.24, 2.45) is 4.99 Å². The first kappa shape index (κ1) is 20.6. The molecule has 0 aromatic carbocycles. The Labute approximate surface area is 149 Å². The van der Waals surface area contributed by atoms with Crippen LogP contribution in [0.2, 0.25) is 0 Å². The van der Waals surface area contributed by atoms with Crippen molar-refractivity contribution in [3.8, 4) is 0 Å². The van der Waals surface area contributed by atoms with Crippen LogP contribution in [-0.2, 0) is 12.0 Å². The van der Waals surface area contributed by atoms with Gasteiger partial charge in [0.15, 0.2) is 5.96 Å². The van der Waals surface area contributed by atoms with Crippen LogP contribution < -0.4 is 10.6 Å². The molecule has 0 aliphatic carbocycles. The molecule has 0 radical (unpaired) electrons. The molecule has 0 amide bonds.